The molecule has 0 saturated heterocycles. The molecule has 100 valence electrons. The molecule has 2 unspecified atom stereocenters. The fourth-order valence-corrected chi connectivity index (χ4v) is 2.62. The number of hydrogen-bond acceptors (Lipinski definition) is 2. The third-order valence-electron chi connectivity index (χ3n) is 3.83. The molecule has 1 aliphatic rings. The van der Waals surface area contributed by atoms with Gasteiger partial charge in [-0.2, -0.15) is 0 Å². The van der Waals surface area contributed by atoms with Crippen LogP contribution in [0.4, 0.5) is 0 Å². The van der Waals surface area contributed by atoms with Crippen LogP contribution in [0.3, 0.4) is 0 Å². The smallest absolute Gasteiger partial charge is 0.122 e. The zero-order valence-electron chi connectivity index (χ0n) is 11.6. The molecular formula is C16H25NO. The van der Waals surface area contributed by atoms with E-state index in [1.807, 2.05) is 6.07 Å². The fraction of sp³-hybridized carbons (Fsp3) is 0.625. The molecule has 0 bridgehead atoms. The van der Waals surface area contributed by atoms with Crippen molar-refractivity contribution in [3.8, 4) is 5.75 Å². The second-order valence-electron chi connectivity index (χ2n) is 5.87. The topological polar surface area (TPSA) is 35.2 Å². The molecule has 0 amide bonds. The lowest BCUT2D eigenvalue weighted by Crippen LogP contribution is -2.37. The van der Waals surface area contributed by atoms with Crippen LogP contribution in [0, 0.1) is 11.8 Å². The Bertz CT molecular complexity index is 375. The highest BCUT2D eigenvalue weighted by Crippen LogP contribution is 2.28. The summed E-state index contributed by atoms with van der Waals surface area (Å²) < 4.78 is 5.80. The van der Waals surface area contributed by atoms with Crippen molar-refractivity contribution in [1.29, 1.82) is 0 Å². The molecule has 2 rings (SSSR count). The Balaban J connectivity index is 1.84. The zero-order chi connectivity index (χ0) is 13.0. The van der Waals surface area contributed by atoms with Gasteiger partial charge in [0.1, 0.15) is 5.75 Å². The van der Waals surface area contributed by atoms with Gasteiger partial charge in [0.25, 0.3) is 0 Å². The van der Waals surface area contributed by atoms with Gasteiger partial charge in [0.2, 0.25) is 0 Å². The molecule has 1 aliphatic heterocycles. The van der Waals surface area contributed by atoms with Crippen molar-refractivity contribution in [3.63, 3.8) is 0 Å². The van der Waals surface area contributed by atoms with Gasteiger partial charge in [-0.1, -0.05) is 44.9 Å². The summed E-state index contributed by atoms with van der Waals surface area (Å²) in [6.07, 6.45) is 4.70. The number of fused-ring (bicyclic) bond motifs is 1. The number of para-hydroxylation sites is 1. The predicted octanol–water partition coefficient (Wildman–Crippen LogP) is 3.39. The van der Waals surface area contributed by atoms with Gasteiger partial charge in [0, 0.05) is 12.0 Å². The van der Waals surface area contributed by atoms with Gasteiger partial charge in [-0.25, -0.2) is 0 Å². The van der Waals surface area contributed by atoms with E-state index >= 15 is 0 Å². The van der Waals surface area contributed by atoms with E-state index < -0.39 is 0 Å². The van der Waals surface area contributed by atoms with Crippen LogP contribution in [0.2, 0.25) is 0 Å². The van der Waals surface area contributed by atoms with Crippen LogP contribution < -0.4 is 10.5 Å². The van der Waals surface area contributed by atoms with E-state index in [-0.39, 0.29) is 6.04 Å². The SMILES string of the molecule is CC(C)CCCC(N)C1COc2ccccc2C1. The number of ether oxygens (including phenoxy) is 1. The summed E-state index contributed by atoms with van der Waals surface area (Å²) in [5.41, 5.74) is 7.62. The molecule has 0 aliphatic carbocycles. The van der Waals surface area contributed by atoms with Crippen LogP contribution in [0.15, 0.2) is 24.3 Å². The summed E-state index contributed by atoms with van der Waals surface area (Å²) in [7, 11) is 0. The number of benzene rings is 1. The van der Waals surface area contributed by atoms with Crippen molar-refractivity contribution in [2.75, 3.05) is 6.61 Å². The highest BCUT2D eigenvalue weighted by atomic mass is 16.5. The summed E-state index contributed by atoms with van der Waals surface area (Å²) in [4.78, 5) is 0. The Morgan fingerprint density at radius 1 is 1.28 bits per heavy atom. The molecule has 2 nitrogen and oxygen atoms in total. The highest BCUT2D eigenvalue weighted by molar-refractivity contribution is 5.35. The Morgan fingerprint density at radius 2 is 2.06 bits per heavy atom. The van der Waals surface area contributed by atoms with Crippen LogP contribution in [0.1, 0.15) is 38.7 Å². The van der Waals surface area contributed by atoms with E-state index in [0.717, 1.165) is 31.1 Å². The molecule has 1 heterocycles. The molecule has 18 heavy (non-hydrogen) atoms. The van der Waals surface area contributed by atoms with Gasteiger partial charge in [0.05, 0.1) is 6.61 Å². The standard InChI is InChI=1S/C16H25NO/c1-12(2)6-5-8-15(17)14-10-13-7-3-4-9-16(13)18-11-14/h3-4,7,9,12,14-15H,5-6,8,10-11,17H2,1-2H3. The van der Waals surface area contributed by atoms with E-state index in [2.05, 4.69) is 32.0 Å². The lowest BCUT2D eigenvalue weighted by atomic mass is 9.88. The van der Waals surface area contributed by atoms with Crippen LogP contribution in [-0.4, -0.2) is 12.6 Å². The average molecular weight is 247 g/mol. The largest absolute Gasteiger partial charge is 0.493 e. The predicted molar refractivity (Wildman–Crippen MR) is 75.8 cm³/mol. The van der Waals surface area contributed by atoms with Gasteiger partial charge >= 0.3 is 0 Å². The average Bonchev–Trinajstić information content (AvgIpc) is 2.37. The molecule has 2 heteroatoms. The Hall–Kier alpha value is -1.02. The minimum absolute atomic E-state index is 0.275. The summed E-state index contributed by atoms with van der Waals surface area (Å²) in [6, 6.07) is 8.59. The lowest BCUT2D eigenvalue weighted by Gasteiger charge is -2.29. The summed E-state index contributed by atoms with van der Waals surface area (Å²) in [5, 5.41) is 0. The second kappa shape index (κ2) is 6.24. The maximum Gasteiger partial charge on any atom is 0.122 e. The first-order chi connectivity index (χ1) is 8.66. The van der Waals surface area contributed by atoms with E-state index in [9.17, 15) is 0 Å². The third kappa shape index (κ3) is 3.49. The van der Waals surface area contributed by atoms with Gasteiger partial charge in [0.15, 0.2) is 0 Å². The molecule has 2 atom stereocenters. The summed E-state index contributed by atoms with van der Waals surface area (Å²) in [6.45, 7) is 5.32. The maximum atomic E-state index is 6.31. The van der Waals surface area contributed by atoms with Crippen molar-refractivity contribution >= 4 is 0 Å². The van der Waals surface area contributed by atoms with Gasteiger partial charge in [-0.15, -0.1) is 0 Å². The van der Waals surface area contributed by atoms with Crippen molar-refractivity contribution in [2.45, 2.75) is 45.6 Å². The van der Waals surface area contributed by atoms with Crippen LogP contribution in [0.25, 0.3) is 0 Å². The third-order valence-corrected chi connectivity index (χ3v) is 3.83. The first-order valence-corrected chi connectivity index (χ1v) is 7.13. The lowest BCUT2D eigenvalue weighted by molar-refractivity contribution is 0.193. The van der Waals surface area contributed by atoms with Crippen molar-refractivity contribution in [2.24, 2.45) is 17.6 Å². The zero-order valence-corrected chi connectivity index (χ0v) is 11.6. The number of nitrogens with two attached hydrogens (primary N) is 1. The van der Waals surface area contributed by atoms with Gasteiger partial charge in [-0.3, -0.25) is 0 Å². The number of rotatable bonds is 5. The van der Waals surface area contributed by atoms with E-state index in [0.29, 0.717) is 5.92 Å². The molecular weight excluding hydrogens is 222 g/mol. The minimum atomic E-state index is 0.275. The normalized spacial score (nSPS) is 20.3. The molecule has 0 saturated carbocycles. The minimum Gasteiger partial charge on any atom is -0.493 e. The van der Waals surface area contributed by atoms with Crippen molar-refractivity contribution in [3.05, 3.63) is 29.8 Å². The summed E-state index contributed by atoms with van der Waals surface area (Å²) in [5.74, 6) is 2.30. The van der Waals surface area contributed by atoms with E-state index in [1.54, 1.807) is 0 Å². The van der Waals surface area contributed by atoms with Crippen molar-refractivity contribution in [1.82, 2.24) is 0 Å². The fourth-order valence-electron chi connectivity index (χ4n) is 2.62. The van der Waals surface area contributed by atoms with Crippen LogP contribution >= 0.6 is 0 Å². The first kappa shape index (κ1) is 13.4. The molecule has 2 N–H and O–H groups in total. The highest BCUT2D eigenvalue weighted by Gasteiger charge is 2.24. The van der Waals surface area contributed by atoms with Gasteiger partial charge < -0.3 is 10.5 Å². The van der Waals surface area contributed by atoms with E-state index in [1.165, 1.54) is 18.4 Å². The first-order valence-electron chi connectivity index (χ1n) is 7.13. The van der Waals surface area contributed by atoms with Gasteiger partial charge in [-0.05, 0) is 30.4 Å². The summed E-state index contributed by atoms with van der Waals surface area (Å²) >= 11 is 0. The molecule has 1 aromatic carbocycles. The Labute approximate surface area is 111 Å². The van der Waals surface area contributed by atoms with Crippen LogP contribution in [0.5, 0.6) is 5.75 Å². The number of hydrogen-bond donors (Lipinski definition) is 1. The monoisotopic (exact) mass is 247 g/mol. The van der Waals surface area contributed by atoms with Crippen LogP contribution in [-0.2, 0) is 6.42 Å². The van der Waals surface area contributed by atoms with E-state index in [4.69, 9.17) is 10.5 Å². The quantitative estimate of drug-likeness (QED) is 0.865. The Kier molecular flexibility index (Phi) is 4.65. The maximum absolute atomic E-state index is 6.31. The molecule has 1 aromatic rings. The Morgan fingerprint density at radius 3 is 2.83 bits per heavy atom. The molecule has 0 fully saturated rings. The molecule has 0 spiro atoms. The second-order valence-corrected chi connectivity index (χ2v) is 5.87. The molecule has 0 aromatic heterocycles. The molecule has 0 radical (unpaired) electrons. The van der Waals surface area contributed by atoms with Crippen molar-refractivity contribution < 1.29 is 4.74 Å².